The van der Waals surface area contributed by atoms with E-state index in [1.807, 2.05) is 56.3 Å². The number of aryl methyl sites for hydroxylation is 2. The quantitative estimate of drug-likeness (QED) is 0.708. The molecule has 3 rings (SSSR count). The third-order valence-electron chi connectivity index (χ3n) is 3.30. The van der Waals surface area contributed by atoms with E-state index in [2.05, 4.69) is 5.32 Å². The summed E-state index contributed by atoms with van der Waals surface area (Å²) in [5.41, 5.74) is 4.15. The van der Waals surface area contributed by atoms with Gasteiger partial charge in [-0.1, -0.05) is 29.8 Å². The van der Waals surface area contributed by atoms with Crippen molar-refractivity contribution in [2.75, 3.05) is 5.32 Å². The number of benzene rings is 2. The minimum absolute atomic E-state index is 0.346. The predicted molar refractivity (Wildman–Crippen MR) is 81.7 cm³/mol. The Balaban J connectivity index is 2.13. The first-order valence-corrected chi connectivity index (χ1v) is 6.51. The highest BCUT2D eigenvalue weighted by Gasteiger charge is 2.07. The average molecular weight is 265 g/mol. The summed E-state index contributed by atoms with van der Waals surface area (Å²) in [6.07, 6.45) is 0. The summed E-state index contributed by atoms with van der Waals surface area (Å²) in [5, 5.41) is 4.19. The van der Waals surface area contributed by atoms with Crippen LogP contribution in [0.2, 0.25) is 0 Å². The van der Waals surface area contributed by atoms with E-state index in [0.29, 0.717) is 5.58 Å². The highest BCUT2D eigenvalue weighted by molar-refractivity contribution is 5.93. The van der Waals surface area contributed by atoms with Crippen molar-refractivity contribution in [1.29, 1.82) is 0 Å². The van der Waals surface area contributed by atoms with Crippen LogP contribution in [0.5, 0.6) is 0 Å². The molecule has 0 fully saturated rings. The lowest BCUT2D eigenvalue weighted by molar-refractivity contribution is 0.559. The van der Waals surface area contributed by atoms with Gasteiger partial charge in [-0.15, -0.1) is 0 Å². The molecule has 0 unspecified atom stereocenters. The zero-order valence-corrected chi connectivity index (χ0v) is 11.4. The molecule has 0 saturated carbocycles. The zero-order chi connectivity index (χ0) is 14.1. The molecule has 1 heterocycles. The molecule has 0 aliphatic heterocycles. The molecule has 20 heavy (non-hydrogen) atoms. The van der Waals surface area contributed by atoms with E-state index >= 15 is 0 Å². The number of rotatable bonds is 2. The topological polar surface area (TPSA) is 42.2 Å². The molecular formula is C17H15NO2. The second kappa shape index (κ2) is 4.85. The van der Waals surface area contributed by atoms with Crippen LogP contribution in [0, 0.1) is 13.8 Å². The van der Waals surface area contributed by atoms with Crippen molar-refractivity contribution in [3.63, 3.8) is 0 Å². The van der Waals surface area contributed by atoms with E-state index in [0.717, 1.165) is 22.3 Å². The molecule has 0 saturated heterocycles. The fourth-order valence-electron chi connectivity index (χ4n) is 2.22. The molecule has 0 radical (unpaired) electrons. The fraction of sp³-hybridized carbons (Fsp3) is 0.118. The summed E-state index contributed by atoms with van der Waals surface area (Å²) in [6.45, 7) is 3.97. The van der Waals surface area contributed by atoms with E-state index in [1.54, 1.807) is 0 Å². The maximum atomic E-state index is 11.7. The van der Waals surface area contributed by atoms with Gasteiger partial charge in [-0.2, -0.15) is 0 Å². The molecule has 3 aromatic rings. The minimum atomic E-state index is -0.346. The number of para-hydroxylation sites is 1. The van der Waals surface area contributed by atoms with Crippen LogP contribution in [0.1, 0.15) is 11.1 Å². The molecule has 2 aromatic carbocycles. The van der Waals surface area contributed by atoms with Crippen molar-refractivity contribution in [3.05, 3.63) is 70.1 Å². The maximum absolute atomic E-state index is 11.7. The zero-order valence-electron chi connectivity index (χ0n) is 11.4. The molecule has 0 amide bonds. The second-order valence-electron chi connectivity index (χ2n) is 4.92. The lowest BCUT2D eigenvalue weighted by Gasteiger charge is -2.10. The standard InChI is InChI=1S/C17H15NO2/c1-11-6-8-13(9-7-11)18-15-10-16(19)20-17-12(2)4-3-5-14(15)17/h3-10,18H,1-2H3. The Morgan fingerprint density at radius 3 is 2.50 bits per heavy atom. The van der Waals surface area contributed by atoms with Gasteiger partial charge in [0, 0.05) is 17.1 Å². The predicted octanol–water partition coefficient (Wildman–Crippen LogP) is 4.15. The molecule has 1 aromatic heterocycles. The lowest BCUT2D eigenvalue weighted by Crippen LogP contribution is -2.01. The van der Waals surface area contributed by atoms with Crippen molar-refractivity contribution in [1.82, 2.24) is 0 Å². The monoisotopic (exact) mass is 265 g/mol. The van der Waals surface area contributed by atoms with Crippen molar-refractivity contribution in [2.24, 2.45) is 0 Å². The first-order valence-electron chi connectivity index (χ1n) is 6.51. The van der Waals surface area contributed by atoms with Gasteiger partial charge < -0.3 is 9.73 Å². The van der Waals surface area contributed by atoms with E-state index in [-0.39, 0.29) is 5.63 Å². The number of fused-ring (bicyclic) bond motifs is 1. The number of hydrogen-bond donors (Lipinski definition) is 1. The SMILES string of the molecule is Cc1ccc(Nc2cc(=O)oc3c(C)cccc23)cc1. The highest BCUT2D eigenvalue weighted by Crippen LogP contribution is 2.26. The molecule has 0 atom stereocenters. The summed E-state index contributed by atoms with van der Waals surface area (Å²) in [7, 11) is 0. The first-order chi connectivity index (χ1) is 9.63. The number of hydrogen-bond acceptors (Lipinski definition) is 3. The summed E-state index contributed by atoms with van der Waals surface area (Å²) >= 11 is 0. The maximum Gasteiger partial charge on any atom is 0.338 e. The van der Waals surface area contributed by atoms with Crippen molar-refractivity contribution < 1.29 is 4.42 Å². The van der Waals surface area contributed by atoms with Crippen LogP contribution < -0.4 is 10.9 Å². The van der Waals surface area contributed by atoms with E-state index in [1.165, 1.54) is 11.6 Å². The second-order valence-corrected chi connectivity index (χ2v) is 4.92. The van der Waals surface area contributed by atoms with Gasteiger partial charge in [0.2, 0.25) is 0 Å². The lowest BCUT2D eigenvalue weighted by atomic mass is 10.1. The Morgan fingerprint density at radius 2 is 1.75 bits per heavy atom. The van der Waals surface area contributed by atoms with E-state index in [9.17, 15) is 4.79 Å². The Morgan fingerprint density at radius 1 is 1.00 bits per heavy atom. The van der Waals surface area contributed by atoms with Gasteiger partial charge in [0.15, 0.2) is 0 Å². The third kappa shape index (κ3) is 2.30. The molecular weight excluding hydrogens is 250 g/mol. The molecule has 3 heteroatoms. The summed E-state index contributed by atoms with van der Waals surface area (Å²) < 4.78 is 5.29. The van der Waals surface area contributed by atoms with Gasteiger partial charge in [0.1, 0.15) is 5.58 Å². The molecule has 0 aliphatic rings. The van der Waals surface area contributed by atoms with Crippen LogP contribution in [0.3, 0.4) is 0 Å². The van der Waals surface area contributed by atoms with Gasteiger partial charge in [-0.25, -0.2) is 4.79 Å². The van der Waals surface area contributed by atoms with Crippen molar-refractivity contribution in [2.45, 2.75) is 13.8 Å². The van der Waals surface area contributed by atoms with Crippen molar-refractivity contribution >= 4 is 22.3 Å². The largest absolute Gasteiger partial charge is 0.422 e. The molecule has 1 N–H and O–H groups in total. The van der Waals surface area contributed by atoms with Gasteiger partial charge in [-0.05, 0) is 37.6 Å². The normalized spacial score (nSPS) is 10.7. The summed E-state index contributed by atoms with van der Waals surface area (Å²) in [6, 6.07) is 15.4. The fourth-order valence-corrected chi connectivity index (χ4v) is 2.22. The minimum Gasteiger partial charge on any atom is -0.422 e. The Kier molecular flexibility index (Phi) is 3.03. The van der Waals surface area contributed by atoms with Gasteiger partial charge >= 0.3 is 5.63 Å². The summed E-state index contributed by atoms with van der Waals surface area (Å²) in [5.74, 6) is 0. The summed E-state index contributed by atoms with van der Waals surface area (Å²) in [4.78, 5) is 11.7. The van der Waals surface area contributed by atoms with Gasteiger partial charge in [0.25, 0.3) is 0 Å². The molecule has 100 valence electrons. The molecule has 0 spiro atoms. The van der Waals surface area contributed by atoms with Crippen LogP contribution in [-0.4, -0.2) is 0 Å². The number of nitrogens with one attached hydrogen (secondary N) is 1. The number of anilines is 2. The van der Waals surface area contributed by atoms with E-state index < -0.39 is 0 Å². The molecule has 0 bridgehead atoms. The van der Waals surface area contributed by atoms with Crippen LogP contribution >= 0.6 is 0 Å². The Hall–Kier alpha value is -2.55. The van der Waals surface area contributed by atoms with E-state index in [4.69, 9.17) is 4.42 Å². The third-order valence-corrected chi connectivity index (χ3v) is 3.30. The Labute approximate surface area is 116 Å². The van der Waals surface area contributed by atoms with Crippen LogP contribution in [0.4, 0.5) is 11.4 Å². The Bertz CT molecular complexity index is 817. The average Bonchev–Trinajstić information content (AvgIpc) is 2.42. The van der Waals surface area contributed by atoms with Gasteiger partial charge in [-0.3, -0.25) is 0 Å². The molecule has 0 aliphatic carbocycles. The van der Waals surface area contributed by atoms with Crippen LogP contribution in [0.15, 0.2) is 57.7 Å². The van der Waals surface area contributed by atoms with Gasteiger partial charge in [0.05, 0.1) is 5.69 Å². The van der Waals surface area contributed by atoms with Crippen molar-refractivity contribution in [3.8, 4) is 0 Å². The van der Waals surface area contributed by atoms with Crippen LogP contribution in [0.25, 0.3) is 11.0 Å². The highest BCUT2D eigenvalue weighted by atomic mass is 16.4. The smallest absolute Gasteiger partial charge is 0.338 e. The van der Waals surface area contributed by atoms with Crippen LogP contribution in [-0.2, 0) is 0 Å². The molecule has 3 nitrogen and oxygen atoms in total. The first kappa shape index (κ1) is 12.5.